The average molecular weight is 129 g/mol. The van der Waals surface area contributed by atoms with Crippen LogP contribution in [0.4, 0.5) is 0 Å². The van der Waals surface area contributed by atoms with Crippen molar-refractivity contribution >= 4 is 5.97 Å². The number of carboxylic acids is 1. The summed E-state index contributed by atoms with van der Waals surface area (Å²) in [6.45, 7) is 0.115. The first-order valence-corrected chi connectivity index (χ1v) is 3.05. The Morgan fingerprint density at radius 2 is 2.22 bits per heavy atom. The van der Waals surface area contributed by atoms with Gasteiger partial charge in [-0.25, -0.2) is 0 Å². The van der Waals surface area contributed by atoms with Crippen LogP contribution in [-0.2, 0) is 4.79 Å². The molecule has 0 bridgehead atoms. The lowest BCUT2D eigenvalue weighted by molar-refractivity contribution is -0.315. The summed E-state index contributed by atoms with van der Waals surface area (Å²) in [5.41, 5.74) is 0. The normalized spacial score (nSPS) is 33.4. The van der Waals surface area contributed by atoms with Crippen molar-refractivity contribution in [2.75, 3.05) is 6.61 Å². The van der Waals surface area contributed by atoms with E-state index in [9.17, 15) is 9.90 Å². The second-order valence-electron chi connectivity index (χ2n) is 2.54. The van der Waals surface area contributed by atoms with Crippen molar-refractivity contribution in [2.45, 2.75) is 12.8 Å². The third kappa shape index (κ3) is 1.21. The lowest BCUT2D eigenvalue weighted by Crippen LogP contribution is -2.40. The van der Waals surface area contributed by atoms with Crippen molar-refractivity contribution < 1.29 is 15.0 Å². The van der Waals surface area contributed by atoms with Gasteiger partial charge >= 0.3 is 0 Å². The molecule has 3 heteroatoms. The molecule has 0 saturated heterocycles. The molecule has 0 aromatic rings. The quantitative estimate of drug-likeness (QED) is 0.507. The summed E-state index contributed by atoms with van der Waals surface area (Å²) in [4.78, 5) is 10.1. The Morgan fingerprint density at radius 3 is 2.56 bits per heavy atom. The van der Waals surface area contributed by atoms with Crippen molar-refractivity contribution in [1.82, 2.24) is 0 Å². The molecule has 3 nitrogen and oxygen atoms in total. The van der Waals surface area contributed by atoms with Crippen LogP contribution in [0.15, 0.2) is 0 Å². The standard InChI is InChI=1S/C6H10O3/c7-3-4-1-5(2-4)6(8)9/h4-5,7H,1-3H2,(H,8,9)/p-1. The predicted molar refractivity (Wildman–Crippen MR) is 28.3 cm³/mol. The molecule has 0 aromatic heterocycles. The van der Waals surface area contributed by atoms with Crippen LogP contribution < -0.4 is 5.11 Å². The first-order chi connectivity index (χ1) is 4.24. The highest BCUT2D eigenvalue weighted by atomic mass is 16.4. The molecular weight excluding hydrogens is 120 g/mol. The number of hydrogen-bond donors (Lipinski definition) is 1. The van der Waals surface area contributed by atoms with Crippen LogP contribution in [0.25, 0.3) is 0 Å². The highest BCUT2D eigenvalue weighted by Crippen LogP contribution is 2.32. The topological polar surface area (TPSA) is 60.4 Å². The van der Waals surface area contributed by atoms with Crippen molar-refractivity contribution in [3.05, 3.63) is 0 Å². The molecule has 0 heterocycles. The predicted octanol–water partition coefficient (Wildman–Crippen LogP) is -1.25. The molecule has 52 valence electrons. The van der Waals surface area contributed by atoms with Crippen molar-refractivity contribution in [1.29, 1.82) is 0 Å². The van der Waals surface area contributed by atoms with Gasteiger partial charge in [0.05, 0.1) is 0 Å². The van der Waals surface area contributed by atoms with E-state index in [4.69, 9.17) is 5.11 Å². The molecule has 1 rings (SSSR count). The number of aliphatic hydroxyl groups excluding tert-OH is 1. The van der Waals surface area contributed by atoms with Gasteiger partial charge in [0.25, 0.3) is 0 Å². The zero-order valence-electron chi connectivity index (χ0n) is 5.04. The lowest BCUT2D eigenvalue weighted by Gasteiger charge is -2.34. The smallest absolute Gasteiger partial charge is 0.0459 e. The van der Waals surface area contributed by atoms with E-state index in [0.717, 1.165) is 0 Å². The second kappa shape index (κ2) is 2.35. The molecule has 0 unspecified atom stereocenters. The molecule has 1 aliphatic carbocycles. The summed E-state index contributed by atoms with van der Waals surface area (Å²) in [5.74, 6) is -1.05. The minimum atomic E-state index is -0.972. The summed E-state index contributed by atoms with van der Waals surface area (Å²) < 4.78 is 0. The van der Waals surface area contributed by atoms with Gasteiger partial charge in [0, 0.05) is 12.6 Å². The van der Waals surface area contributed by atoms with Crippen molar-refractivity contribution in [3.63, 3.8) is 0 Å². The maximum atomic E-state index is 10.1. The molecular formula is C6H9O3-. The van der Waals surface area contributed by atoms with E-state index >= 15 is 0 Å². The molecule has 1 aliphatic rings. The number of rotatable bonds is 2. The maximum Gasteiger partial charge on any atom is 0.0459 e. The largest absolute Gasteiger partial charge is 0.550 e. The molecule has 0 radical (unpaired) electrons. The van der Waals surface area contributed by atoms with Gasteiger partial charge in [0.1, 0.15) is 0 Å². The summed E-state index contributed by atoms with van der Waals surface area (Å²) >= 11 is 0. The van der Waals surface area contributed by atoms with Gasteiger partial charge in [0.2, 0.25) is 0 Å². The number of hydrogen-bond acceptors (Lipinski definition) is 3. The highest BCUT2D eigenvalue weighted by molar-refractivity contribution is 5.68. The molecule has 0 aromatic carbocycles. The van der Waals surface area contributed by atoms with Crippen LogP contribution in [0, 0.1) is 11.8 Å². The van der Waals surface area contributed by atoms with Crippen LogP contribution in [0.2, 0.25) is 0 Å². The summed E-state index contributed by atoms with van der Waals surface area (Å²) in [6, 6.07) is 0. The number of carbonyl (C=O) groups is 1. The minimum absolute atomic E-state index is 0.115. The first kappa shape index (κ1) is 6.55. The molecule has 1 fully saturated rings. The summed E-state index contributed by atoms with van der Waals surface area (Å²) in [5, 5.41) is 18.5. The zero-order valence-corrected chi connectivity index (χ0v) is 5.04. The first-order valence-electron chi connectivity index (χ1n) is 3.05. The van der Waals surface area contributed by atoms with Gasteiger partial charge in [-0.15, -0.1) is 0 Å². The van der Waals surface area contributed by atoms with Gasteiger partial charge in [-0.3, -0.25) is 0 Å². The highest BCUT2D eigenvalue weighted by Gasteiger charge is 2.28. The molecule has 0 aliphatic heterocycles. The Bertz CT molecular complexity index is 115. The average Bonchev–Trinajstić information content (AvgIpc) is 1.61. The Labute approximate surface area is 53.3 Å². The minimum Gasteiger partial charge on any atom is -0.550 e. The van der Waals surface area contributed by atoms with E-state index in [1.807, 2.05) is 0 Å². The maximum absolute atomic E-state index is 10.1. The van der Waals surface area contributed by atoms with Crippen LogP contribution >= 0.6 is 0 Å². The third-order valence-corrected chi connectivity index (χ3v) is 1.83. The molecule has 9 heavy (non-hydrogen) atoms. The van der Waals surface area contributed by atoms with Crippen LogP contribution in [0.5, 0.6) is 0 Å². The number of aliphatic hydroxyl groups is 1. The van der Waals surface area contributed by atoms with Crippen molar-refractivity contribution in [3.8, 4) is 0 Å². The SMILES string of the molecule is O=C([O-])C1CC(CO)C1. The fourth-order valence-electron chi connectivity index (χ4n) is 1.08. The number of aliphatic carboxylic acids is 1. The van der Waals surface area contributed by atoms with Gasteiger partial charge in [-0.2, -0.15) is 0 Å². The molecule has 0 spiro atoms. The fraction of sp³-hybridized carbons (Fsp3) is 0.833. The molecule has 0 atom stereocenters. The van der Waals surface area contributed by atoms with Gasteiger partial charge in [-0.05, 0) is 24.7 Å². The number of carbonyl (C=O) groups excluding carboxylic acids is 1. The van der Waals surface area contributed by atoms with Gasteiger partial charge < -0.3 is 15.0 Å². The summed E-state index contributed by atoms with van der Waals surface area (Å²) in [6.07, 6.45) is 1.19. The Morgan fingerprint density at radius 1 is 1.67 bits per heavy atom. The van der Waals surface area contributed by atoms with E-state index in [2.05, 4.69) is 0 Å². The van der Waals surface area contributed by atoms with E-state index in [0.29, 0.717) is 12.8 Å². The van der Waals surface area contributed by atoms with E-state index in [1.165, 1.54) is 0 Å². The van der Waals surface area contributed by atoms with E-state index in [-0.39, 0.29) is 18.4 Å². The Kier molecular flexibility index (Phi) is 1.71. The summed E-state index contributed by atoms with van der Waals surface area (Å²) in [7, 11) is 0. The third-order valence-electron chi connectivity index (χ3n) is 1.83. The Hall–Kier alpha value is -0.570. The number of carboxylic acid groups (broad SMARTS) is 1. The van der Waals surface area contributed by atoms with Crippen molar-refractivity contribution in [2.24, 2.45) is 11.8 Å². The lowest BCUT2D eigenvalue weighted by atomic mass is 9.75. The van der Waals surface area contributed by atoms with Gasteiger partial charge in [-0.1, -0.05) is 0 Å². The Balaban J connectivity index is 2.19. The molecule has 0 amide bonds. The second-order valence-corrected chi connectivity index (χ2v) is 2.54. The van der Waals surface area contributed by atoms with Crippen LogP contribution in [0.3, 0.4) is 0 Å². The monoisotopic (exact) mass is 129 g/mol. The molecule has 1 saturated carbocycles. The zero-order chi connectivity index (χ0) is 6.85. The van der Waals surface area contributed by atoms with Gasteiger partial charge in [0.15, 0.2) is 0 Å². The fourth-order valence-corrected chi connectivity index (χ4v) is 1.08. The van der Waals surface area contributed by atoms with E-state index in [1.54, 1.807) is 0 Å². The van der Waals surface area contributed by atoms with Crippen LogP contribution in [0.1, 0.15) is 12.8 Å². The van der Waals surface area contributed by atoms with Crippen LogP contribution in [-0.4, -0.2) is 17.7 Å². The molecule has 1 N–H and O–H groups in total. The van der Waals surface area contributed by atoms with E-state index < -0.39 is 5.97 Å².